The van der Waals surface area contributed by atoms with E-state index in [4.69, 9.17) is 4.43 Å². The van der Waals surface area contributed by atoms with Gasteiger partial charge >= 0.3 is 0 Å². The van der Waals surface area contributed by atoms with Crippen LogP contribution in [0.25, 0.3) is 0 Å². The van der Waals surface area contributed by atoms with Crippen molar-refractivity contribution in [1.29, 1.82) is 0 Å². The molecule has 0 aliphatic rings. The lowest BCUT2D eigenvalue weighted by atomic mass is 10.5. The molecule has 0 radical (unpaired) electrons. The van der Waals surface area contributed by atoms with E-state index in [2.05, 4.69) is 25.7 Å². The molecule has 15 heavy (non-hydrogen) atoms. The third kappa shape index (κ3) is 16.3. The fourth-order valence-electron chi connectivity index (χ4n) is 1.10. The van der Waals surface area contributed by atoms with Crippen LogP contribution in [0.2, 0.25) is 19.6 Å². The Labute approximate surface area is 95.9 Å². The Bertz CT molecular complexity index is 157. The average molecular weight is 233 g/mol. The van der Waals surface area contributed by atoms with Crippen LogP contribution in [-0.4, -0.2) is 38.8 Å². The van der Waals surface area contributed by atoms with E-state index in [0.717, 1.165) is 0 Å². The number of hydrogen-bond donors (Lipinski definition) is 0. The Balaban J connectivity index is 0. The highest BCUT2D eigenvalue weighted by Gasteiger charge is 2.16. The molecule has 0 aromatic carbocycles. The molecule has 3 nitrogen and oxygen atoms in total. The molecular formula is C11H27NO2Si. The van der Waals surface area contributed by atoms with Crippen LogP contribution in [-0.2, 0) is 9.22 Å². The smallest absolute Gasteiger partial charge is 0.289 e. The highest BCUT2D eigenvalue weighted by Crippen LogP contribution is 2.01. The molecule has 0 saturated carbocycles. The number of carbonyl (C=O) groups excluding carboxylic acids is 1. The molecule has 0 amide bonds. The Morgan fingerprint density at radius 2 is 1.40 bits per heavy atom. The lowest BCUT2D eigenvalue weighted by molar-refractivity contribution is -0.132. The van der Waals surface area contributed by atoms with E-state index in [9.17, 15) is 4.79 Å². The molecule has 0 atom stereocenters. The molecule has 0 fully saturated rings. The summed E-state index contributed by atoms with van der Waals surface area (Å²) in [6.07, 6.45) is 0. The minimum Gasteiger partial charge on any atom is -0.520 e. The summed E-state index contributed by atoms with van der Waals surface area (Å²) in [5, 5.41) is 0. The summed E-state index contributed by atoms with van der Waals surface area (Å²) in [5.74, 6) is -0.163. The van der Waals surface area contributed by atoms with Gasteiger partial charge in [0.1, 0.15) is 0 Å². The van der Waals surface area contributed by atoms with E-state index in [1.54, 1.807) is 0 Å². The van der Waals surface area contributed by atoms with Crippen LogP contribution >= 0.6 is 0 Å². The van der Waals surface area contributed by atoms with E-state index in [1.807, 2.05) is 19.6 Å². The zero-order valence-corrected chi connectivity index (χ0v) is 12.4. The van der Waals surface area contributed by atoms with E-state index < -0.39 is 8.32 Å². The standard InChI is InChI=1S/C6H15N.C5H12O2Si/c1-4-7(5-2)6-3;1-5(6)7-8(2,3)4/h4-6H2,1-3H3;1-4H3. The van der Waals surface area contributed by atoms with Gasteiger partial charge in [0.2, 0.25) is 8.32 Å². The van der Waals surface area contributed by atoms with E-state index in [1.165, 1.54) is 26.6 Å². The van der Waals surface area contributed by atoms with Gasteiger partial charge in [-0.2, -0.15) is 0 Å². The fraction of sp³-hybridized carbons (Fsp3) is 0.909. The van der Waals surface area contributed by atoms with Crippen molar-refractivity contribution in [1.82, 2.24) is 4.90 Å². The van der Waals surface area contributed by atoms with Gasteiger partial charge in [0, 0.05) is 6.92 Å². The molecule has 0 unspecified atom stereocenters. The second kappa shape index (κ2) is 8.92. The zero-order valence-electron chi connectivity index (χ0n) is 11.4. The Hall–Kier alpha value is -0.353. The molecule has 4 heteroatoms. The van der Waals surface area contributed by atoms with E-state index in [0.29, 0.717) is 0 Å². The lowest BCUT2D eigenvalue weighted by Crippen LogP contribution is -2.27. The maximum atomic E-state index is 10.3. The first-order valence-corrected chi connectivity index (χ1v) is 9.09. The van der Waals surface area contributed by atoms with Crippen molar-refractivity contribution in [3.8, 4) is 0 Å². The molecule has 0 saturated heterocycles. The van der Waals surface area contributed by atoms with Crippen LogP contribution in [0.5, 0.6) is 0 Å². The largest absolute Gasteiger partial charge is 0.520 e. The van der Waals surface area contributed by atoms with Crippen molar-refractivity contribution < 1.29 is 9.22 Å². The monoisotopic (exact) mass is 233 g/mol. The van der Waals surface area contributed by atoms with Gasteiger partial charge in [-0.05, 0) is 39.3 Å². The minimum absolute atomic E-state index is 0.163. The molecular weight excluding hydrogens is 206 g/mol. The average Bonchev–Trinajstić information content (AvgIpc) is 2.03. The summed E-state index contributed by atoms with van der Waals surface area (Å²) in [5.41, 5.74) is 0. The molecule has 0 rings (SSSR count). The second-order valence-corrected chi connectivity index (χ2v) is 8.75. The maximum Gasteiger partial charge on any atom is 0.289 e. The van der Waals surface area contributed by atoms with Crippen LogP contribution in [0.15, 0.2) is 0 Å². The first-order valence-electron chi connectivity index (χ1n) is 5.68. The predicted molar refractivity (Wildman–Crippen MR) is 68.6 cm³/mol. The van der Waals surface area contributed by atoms with Crippen molar-refractivity contribution in [2.75, 3.05) is 19.6 Å². The summed E-state index contributed by atoms with van der Waals surface area (Å²) >= 11 is 0. The van der Waals surface area contributed by atoms with Gasteiger partial charge in [-0.3, -0.25) is 4.79 Å². The molecule has 0 spiro atoms. The van der Waals surface area contributed by atoms with Crippen LogP contribution in [0.3, 0.4) is 0 Å². The molecule has 0 N–H and O–H groups in total. The van der Waals surface area contributed by atoms with Crippen molar-refractivity contribution in [2.45, 2.75) is 47.3 Å². The predicted octanol–water partition coefficient (Wildman–Crippen LogP) is 2.73. The van der Waals surface area contributed by atoms with Crippen LogP contribution in [0.1, 0.15) is 27.7 Å². The summed E-state index contributed by atoms with van der Waals surface area (Å²) in [7, 11) is -1.57. The number of carbonyl (C=O) groups is 1. The normalized spacial score (nSPS) is 10.7. The van der Waals surface area contributed by atoms with Crippen LogP contribution in [0.4, 0.5) is 0 Å². The summed E-state index contributed by atoms with van der Waals surface area (Å²) in [4.78, 5) is 12.6. The van der Waals surface area contributed by atoms with Crippen LogP contribution < -0.4 is 0 Å². The zero-order chi connectivity index (χ0) is 12.5. The second-order valence-electron chi connectivity index (χ2n) is 4.33. The first kappa shape index (κ1) is 17.1. The van der Waals surface area contributed by atoms with Gasteiger partial charge in [-0.15, -0.1) is 0 Å². The van der Waals surface area contributed by atoms with E-state index in [-0.39, 0.29) is 5.97 Å². The topological polar surface area (TPSA) is 29.5 Å². The highest BCUT2D eigenvalue weighted by atomic mass is 28.4. The van der Waals surface area contributed by atoms with E-state index >= 15 is 0 Å². The Morgan fingerprint density at radius 3 is 1.40 bits per heavy atom. The first-order chi connectivity index (χ1) is 6.76. The maximum absolute atomic E-state index is 10.3. The van der Waals surface area contributed by atoms with Gasteiger partial charge in [-0.1, -0.05) is 20.8 Å². The number of nitrogens with zero attached hydrogens (tertiary/aromatic N) is 1. The highest BCUT2D eigenvalue weighted by molar-refractivity contribution is 6.71. The third-order valence-electron chi connectivity index (χ3n) is 1.79. The van der Waals surface area contributed by atoms with Crippen LogP contribution in [0, 0.1) is 0 Å². The Morgan fingerprint density at radius 1 is 1.07 bits per heavy atom. The van der Waals surface area contributed by atoms with Crippen molar-refractivity contribution >= 4 is 14.3 Å². The molecule has 0 bridgehead atoms. The summed E-state index contributed by atoms with van der Waals surface area (Å²) in [6, 6.07) is 0. The van der Waals surface area contributed by atoms with Gasteiger partial charge in [0.25, 0.3) is 5.97 Å². The molecule has 0 aliphatic heterocycles. The summed E-state index contributed by atoms with van der Waals surface area (Å²) in [6.45, 7) is 17.5. The molecule has 0 aliphatic carbocycles. The van der Waals surface area contributed by atoms with Gasteiger partial charge in [0.05, 0.1) is 0 Å². The van der Waals surface area contributed by atoms with Crippen molar-refractivity contribution in [2.24, 2.45) is 0 Å². The van der Waals surface area contributed by atoms with Gasteiger partial charge < -0.3 is 9.33 Å². The Kier molecular flexibility index (Phi) is 10.1. The number of rotatable bonds is 4. The fourth-order valence-corrected chi connectivity index (χ4v) is 1.96. The van der Waals surface area contributed by atoms with Crippen molar-refractivity contribution in [3.63, 3.8) is 0 Å². The molecule has 0 aromatic rings. The quantitative estimate of drug-likeness (QED) is 0.699. The summed E-state index contributed by atoms with van der Waals surface area (Å²) < 4.78 is 4.94. The SMILES string of the molecule is CC(=O)O[Si](C)(C)C.CCN(CC)CC. The molecule has 92 valence electrons. The lowest BCUT2D eigenvalue weighted by Gasteiger charge is -2.14. The van der Waals surface area contributed by atoms with Gasteiger partial charge in [-0.25, -0.2) is 0 Å². The molecule has 0 aromatic heterocycles. The third-order valence-corrected chi connectivity index (χ3v) is 2.69. The minimum atomic E-state index is -1.57. The van der Waals surface area contributed by atoms with Crippen molar-refractivity contribution in [3.05, 3.63) is 0 Å². The van der Waals surface area contributed by atoms with Gasteiger partial charge in [0.15, 0.2) is 0 Å². The number of hydrogen-bond acceptors (Lipinski definition) is 3. The molecule has 0 heterocycles.